The topological polar surface area (TPSA) is 82.6 Å². The standard InChI is InChI=1S/C36H38N4O3S2/c1-23-19-28(20-24(2)33(23)37-25(3)41)36-38-34(35(44-36)27-13-15-29(16-14-27)39(4)5)31-18-17-30(40(6)7)21-32(31)45(42,43)22-26-11-9-8-10-12-26/h8-21H,22H2,1-7H3,(H,37,41). The highest BCUT2D eigenvalue weighted by Gasteiger charge is 2.26. The molecule has 1 amide bonds. The summed E-state index contributed by atoms with van der Waals surface area (Å²) in [6.45, 7) is 5.43. The predicted molar refractivity (Wildman–Crippen MR) is 188 cm³/mol. The van der Waals surface area contributed by atoms with Gasteiger partial charge in [-0.15, -0.1) is 11.3 Å². The zero-order chi connectivity index (χ0) is 32.5. The van der Waals surface area contributed by atoms with Crippen molar-refractivity contribution in [3.8, 4) is 32.3 Å². The first kappa shape index (κ1) is 31.9. The summed E-state index contributed by atoms with van der Waals surface area (Å²) in [7, 11) is 4.03. The van der Waals surface area contributed by atoms with Crippen LogP contribution in [0.15, 0.2) is 89.8 Å². The lowest BCUT2D eigenvalue weighted by Gasteiger charge is -2.17. The van der Waals surface area contributed by atoms with Crippen LogP contribution in [0.3, 0.4) is 0 Å². The molecule has 232 valence electrons. The van der Waals surface area contributed by atoms with Crippen molar-refractivity contribution in [1.29, 1.82) is 0 Å². The third-order valence-electron chi connectivity index (χ3n) is 7.63. The van der Waals surface area contributed by atoms with Gasteiger partial charge in [0.25, 0.3) is 0 Å². The second-order valence-electron chi connectivity index (χ2n) is 11.6. The number of sulfone groups is 1. The number of thiazole rings is 1. The quantitative estimate of drug-likeness (QED) is 0.177. The number of benzene rings is 4. The van der Waals surface area contributed by atoms with Crippen molar-refractivity contribution in [2.75, 3.05) is 43.3 Å². The van der Waals surface area contributed by atoms with Gasteiger partial charge in [0.15, 0.2) is 9.84 Å². The van der Waals surface area contributed by atoms with Gasteiger partial charge < -0.3 is 15.1 Å². The average Bonchev–Trinajstić information content (AvgIpc) is 3.44. The first-order chi connectivity index (χ1) is 21.3. The number of amides is 1. The van der Waals surface area contributed by atoms with Gasteiger partial charge in [0.1, 0.15) is 5.01 Å². The lowest BCUT2D eigenvalue weighted by atomic mass is 10.0. The van der Waals surface area contributed by atoms with Crippen molar-refractivity contribution in [2.24, 2.45) is 0 Å². The Morgan fingerprint density at radius 3 is 1.98 bits per heavy atom. The molecule has 45 heavy (non-hydrogen) atoms. The molecule has 0 atom stereocenters. The molecule has 0 radical (unpaired) electrons. The number of nitrogens with one attached hydrogen (secondary N) is 1. The molecule has 0 aliphatic rings. The van der Waals surface area contributed by atoms with Gasteiger partial charge in [0, 0.05) is 63.3 Å². The maximum Gasteiger partial charge on any atom is 0.221 e. The number of aromatic nitrogens is 1. The van der Waals surface area contributed by atoms with E-state index in [1.54, 1.807) is 6.07 Å². The number of rotatable bonds is 9. The third-order valence-corrected chi connectivity index (χ3v) is 10.5. The van der Waals surface area contributed by atoms with Crippen LogP contribution >= 0.6 is 11.3 Å². The van der Waals surface area contributed by atoms with Crippen LogP contribution in [0.1, 0.15) is 23.6 Å². The summed E-state index contributed by atoms with van der Waals surface area (Å²) in [6.07, 6.45) is 0. The Kier molecular flexibility index (Phi) is 9.13. The maximum atomic E-state index is 14.1. The number of nitrogens with zero attached hydrogens (tertiary/aromatic N) is 3. The molecule has 1 N–H and O–H groups in total. The van der Waals surface area contributed by atoms with Gasteiger partial charge in [-0.25, -0.2) is 13.4 Å². The molecule has 1 aromatic heterocycles. The Hall–Kier alpha value is -4.47. The molecule has 0 spiro atoms. The van der Waals surface area contributed by atoms with E-state index in [0.717, 1.165) is 54.8 Å². The summed E-state index contributed by atoms with van der Waals surface area (Å²) in [5, 5.41) is 3.69. The molecule has 0 bridgehead atoms. The number of carbonyl (C=O) groups excluding carboxylic acids is 1. The van der Waals surface area contributed by atoms with Crippen molar-refractivity contribution < 1.29 is 13.2 Å². The normalized spacial score (nSPS) is 11.4. The summed E-state index contributed by atoms with van der Waals surface area (Å²) in [4.78, 5) is 22.0. The van der Waals surface area contributed by atoms with Crippen molar-refractivity contribution in [3.63, 3.8) is 0 Å². The number of aryl methyl sites for hydroxylation is 2. The highest BCUT2D eigenvalue weighted by molar-refractivity contribution is 7.90. The molecule has 7 nitrogen and oxygen atoms in total. The molecular formula is C36H38N4O3S2. The highest BCUT2D eigenvalue weighted by Crippen LogP contribution is 2.44. The van der Waals surface area contributed by atoms with Crippen molar-refractivity contribution in [1.82, 2.24) is 4.98 Å². The number of anilines is 3. The van der Waals surface area contributed by atoms with E-state index < -0.39 is 9.84 Å². The summed E-state index contributed by atoms with van der Waals surface area (Å²) < 4.78 is 28.3. The Bertz CT molecular complexity index is 1940. The molecule has 0 unspecified atom stereocenters. The molecule has 0 saturated heterocycles. The molecule has 5 aromatic rings. The molecular weight excluding hydrogens is 601 g/mol. The van der Waals surface area contributed by atoms with E-state index in [4.69, 9.17) is 4.98 Å². The van der Waals surface area contributed by atoms with Gasteiger partial charge in [-0.3, -0.25) is 4.79 Å². The zero-order valence-corrected chi connectivity index (χ0v) is 28.3. The van der Waals surface area contributed by atoms with Crippen LogP contribution in [0.2, 0.25) is 0 Å². The maximum absolute atomic E-state index is 14.1. The minimum absolute atomic E-state index is 0.120. The highest BCUT2D eigenvalue weighted by atomic mass is 32.2. The Morgan fingerprint density at radius 1 is 0.800 bits per heavy atom. The second-order valence-corrected chi connectivity index (χ2v) is 14.6. The zero-order valence-electron chi connectivity index (χ0n) is 26.7. The number of hydrogen-bond donors (Lipinski definition) is 1. The summed E-state index contributed by atoms with van der Waals surface area (Å²) in [5.74, 6) is -0.246. The number of carbonyl (C=O) groups is 1. The SMILES string of the molecule is CC(=O)Nc1c(C)cc(-c2nc(-c3ccc(N(C)C)cc3S(=O)(=O)Cc3ccccc3)c(-c3ccc(N(C)C)cc3)s2)cc1C. The van der Waals surface area contributed by atoms with E-state index in [-0.39, 0.29) is 16.6 Å². The van der Waals surface area contributed by atoms with E-state index in [1.807, 2.05) is 106 Å². The average molecular weight is 639 g/mol. The van der Waals surface area contributed by atoms with Crippen LogP contribution in [0, 0.1) is 13.8 Å². The Balaban J connectivity index is 1.74. The Labute approximate surface area is 270 Å². The summed E-state index contributed by atoms with van der Waals surface area (Å²) in [5.41, 5.74) is 8.25. The molecule has 0 saturated carbocycles. The molecule has 5 rings (SSSR count). The molecule has 0 fully saturated rings. The number of hydrogen-bond acceptors (Lipinski definition) is 7. The summed E-state index contributed by atoms with van der Waals surface area (Å²) in [6, 6.07) is 27.1. The fourth-order valence-electron chi connectivity index (χ4n) is 5.31. The fourth-order valence-corrected chi connectivity index (χ4v) is 7.97. The van der Waals surface area contributed by atoms with Gasteiger partial charge in [0.05, 0.1) is 21.2 Å². The minimum Gasteiger partial charge on any atom is -0.378 e. The lowest BCUT2D eigenvalue weighted by molar-refractivity contribution is -0.114. The Morgan fingerprint density at radius 2 is 1.40 bits per heavy atom. The van der Waals surface area contributed by atoms with Crippen molar-refractivity contribution in [2.45, 2.75) is 31.4 Å². The van der Waals surface area contributed by atoms with E-state index in [0.29, 0.717) is 11.3 Å². The van der Waals surface area contributed by atoms with E-state index in [2.05, 4.69) is 29.6 Å². The monoisotopic (exact) mass is 638 g/mol. The van der Waals surface area contributed by atoms with Gasteiger partial charge in [-0.2, -0.15) is 0 Å². The largest absolute Gasteiger partial charge is 0.378 e. The van der Waals surface area contributed by atoms with Gasteiger partial charge in [-0.05, 0) is 78.6 Å². The molecule has 0 aliphatic carbocycles. The van der Waals surface area contributed by atoms with Crippen LogP contribution in [0.4, 0.5) is 17.1 Å². The first-order valence-electron chi connectivity index (χ1n) is 14.6. The minimum atomic E-state index is -3.76. The lowest BCUT2D eigenvalue weighted by Crippen LogP contribution is -2.12. The molecule has 1 heterocycles. The predicted octanol–water partition coefficient (Wildman–Crippen LogP) is 7.83. The van der Waals surface area contributed by atoms with E-state index >= 15 is 0 Å². The van der Waals surface area contributed by atoms with Crippen LogP contribution in [-0.2, 0) is 20.4 Å². The van der Waals surface area contributed by atoms with Gasteiger partial charge in [0.2, 0.25) is 5.91 Å². The third kappa shape index (κ3) is 6.95. The second kappa shape index (κ2) is 12.9. The smallest absolute Gasteiger partial charge is 0.221 e. The van der Waals surface area contributed by atoms with E-state index in [9.17, 15) is 13.2 Å². The van der Waals surface area contributed by atoms with Crippen molar-refractivity contribution >= 4 is 44.1 Å². The van der Waals surface area contributed by atoms with Crippen LogP contribution in [-0.4, -0.2) is 47.5 Å². The molecule has 0 aliphatic heterocycles. The van der Waals surface area contributed by atoms with Crippen LogP contribution < -0.4 is 15.1 Å². The summed E-state index contributed by atoms with van der Waals surface area (Å²) >= 11 is 1.53. The first-order valence-corrected chi connectivity index (χ1v) is 17.1. The molecule has 4 aromatic carbocycles. The van der Waals surface area contributed by atoms with E-state index in [1.165, 1.54) is 18.3 Å². The van der Waals surface area contributed by atoms with Gasteiger partial charge >= 0.3 is 0 Å². The molecule has 9 heteroatoms. The van der Waals surface area contributed by atoms with Crippen LogP contribution in [0.5, 0.6) is 0 Å². The van der Waals surface area contributed by atoms with Crippen LogP contribution in [0.25, 0.3) is 32.3 Å². The van der Waals surface area contributed by atoms with Gasteiger partial charge in [-0.1, -0.05) is 42.5 Å². The van der Waals surface area contributed by atoms with Crippen molar-refractivity contribution in [3.05, 3.63) is 102 Å². The fraction of sp³-hybridized carbons (Fsp3) is 0.222.